The van der Waals surface area contributed by atoms with Crippen LogP contribution in [0.5, 0.6) is 0 Å². The Bertz CT molecular complexity index is 701. The predicted octanol–water partition coefficient (Wildman–Crippen LogP) is 1.66. The van der Waals surface area contributed by atoms with Gasteiger partial charge in [0, 0.05) is 25.8 Å². The molecule has 1 rings (SSSR count). The maximum atomic E-state index is 13.2. The zero-order chi connectivity index (χ0) is 18.7. The molecule has 0 heterocycles. The first-order valence-electron chi connectivity index (χ1n) is 7.14. The van der Waals surface area contributed by atoms with E-state index in [0.29, 0.717) is 19.2 Å². The molecule has 0 aliphatic heterocycles. The number of halogens is 3. The van der Waals surface area contributed by atoms with Gasteiger partial charge in [0.25, 0.3) is 0 Å². The number of nitrogens with two attached hydrogens (primary N) is 1. The monoisotopic (exact) mass is 367 g/mol. The van der Waals surface area contributed by atoms with E-state index in [-0.39, 0.29) is 18.1 Å². The Kier molecular flexibility index (Phi) is 6.23. The van der Waals surface area contributed by atoms with Crippen LogP contribution in [0.15, 0.2) is 23.1 Å². The van der Waals surface area contributed by atoms with Crippen molar-refractivity contribution in [3.05, 3.63) is 23.8 Å². The molecule has 2 N–H and O–H groups in total. The Morgan fingerprint density at radius 1 is 1.21 bits per heavy atom. The van der Waals surface area contributed by atoms with Gasteiger partial charge in [-0.25, -0.2) is 13.6 Å². The number of rotatable bonds is 6. The second-order valence-electron chi connectivity index (χ2n) is 5.14. The molecule has 6 nitrogen and oxygen atoms in total. The number of carbonyl (C=O) groups is 1. The van der Waals surface area contributed by atoms with E-state index >= 15 is 0 Å². The molecule has 0 aliphatic carbocycles. The van der Waals surface area contributed by atoms with Crippen LogP contribution in [0, 0.1) is 0 Å². The average molecular weight is 367 g/mol. The van der Waals surface area contributed by atoms with E-state index in [1.165, 1.54) is 11.9 Å². The Labute approximate surface area is 139 Å². The minimum absolute atomic E-state index is 0.264. The van der Waals surface area contributed by atoms with Crippen molar-refractivity contribution >= 4 is 21.6 Å². The van der Waals surface area contributed by atoms with Gasteiger partial charge in [0.05, 0.1) is 17.0 Å². The van der Waals surface area contributed by atoms with Gasteiger partial charge in [-0.1, -0.05) is 0 Å². The number of nitrogens with zero attached hydrogens (tertiary/aromatic N) is 2. The minimum atomic E-state index is -4.79. The molecular weight excluding hydrogens is 347 g/mol. The van der Waals surface area contributed by atoms with Gasteiger partial charge in [-0.15, -0.1) is 0 Å². The van der Waals surface area contributed by atoms with Gasteiger partial charge in [0.1, 0.15) is 0 Å². The lowest BCUT2D eigenvalue weighted by molar-refractivity contribution is -0.137. The summed E-state index contributed by atoms with van der Waals surface area (Å²) in [5, 5.41) is 4.88. The Balaban J connectivity index is 3.25. The number of hydrogen-bond acceptors (Lipinski definition) is 4. The first-order chi connectivity index (χ1) is 10.9. The van der Waals surface area contributed by atoms with Gasteiger partial charge >= 0.3 is 6.18 Å². The van der Waals surface area contributed by atoms with Crippen molar-refractivity contribution in [2.45, 2.75) is 24.9 Å². The van der Waals surface area contributed by atoms with Crippen LogP contribution in [-0.2, 0) is 21.0 Å². The summed E-state index contributed by atoms with van der Waals surface area (Å²) in [4.78, 5) is 14.1. The normalized spacial score (nSPS) is 12.1. The highest BCUT2D eigenvalue weighted by molar-refractivity contribution is 7.89. The summed E-state index contributed by atoms with van der Waals surface area (Å²) in [5.74, 6) is -0.328. The van der Waals surface area contributed by atoms with E-state index in [1.54, 1.807) is 13.8 Å². The van der Waals surface area contributed by atoms with Crippen molar-refractivity contribution in [1.82, 2.24) is 4.90 Å². The molecule has 1 aromatic rings. The van der Waals surface area contributed by atoms with Gasteiger partial charge in [-0.3, -0.25) is 4.79 Å². The first-order valence-corrected chi connectivity index (χ1v) is 8.69. The summed E-state index contributed by atoms with van der Waals surface area (Å²) in [7, 11) is -2.93. The van der Waals surface area contributed by atoms with Crippen molar-refractivity contribution in [1.29, 1.82) is 0 Å². The Morgan fingerprint density at radius 3 is 2.17 bits per heavy atom. The lowest BCUT2D eigenvalue weighted by Crippen LogP contribution is -2.39. The molecule has 0 bridgehead atoms. The van der Waals surface area contributed by atoms with Gasteiger partial charge in [-0.05, 0) is 32.0 Å². The quantitative estimate of drug-likeness (QED) is 0.829. The molecule has 10 heteroatoms. The van der Waals surface area contributed by atoms with Crippen molar-refractivity contribution in [2.75, 3.05) is 31.6 Å². The van der Waals surface area contributed by atoms with Crippen molar-refractivity contribution in [3.63, 3.8) is 0 Å². The summed E-state index contributed by atoms with van der Waals surface area (Å²) >= 11 is 0. The molecule has 24 heavy (non-hydrogen) atoms. The number of amides is 1. The van der Waals surface area contributed by atoms with E-state index in [4.69, 9.17) is 5.14 Å². The van der Waals surface area contributed by atoms with Gasteiger partial charge in [-0.2, -0.15) is 13.2 Å². The van der Waals surface area contributed by atoms with Crippen LogP contribution >= 0.6 is 0 Å². The fourth-order valence-electron chi connectivity index (χ4n) is 2.22. The highest BCUT2D eigenvalue weighted by atomic mass is 32.2. The summed E-state index contributed by atoms with van der Waals surface area (Å²) in [6.45, 7) is 4.16. The molecule has 0 saturated heterocycles. The summed E-state index contributed by atoms with van der Waals surface area (Å²) in [6, 6.07) is 2.46. The molecule has 0 radical (unpaired) electrons. The van der Waals surface area contributed by atoms with Crippen LogP contribution in [0.1, 0.15) is 19.4 Å². The van der Waals surface area contributed by atoms with E-state index < -0.39 is 26.7 Å². The topological polar surface area (TPSA) is 83.7 Å². The number of likely N-dealkylation sites (N-methyl/N-ethyl adjacent to an activating group) is 2. The number of carbonyl (C=O) groups excluding carboxylic acids is 1. The molecule has 0 unspecified atom stereocenters. The molecule has 136 valence electrons. The van der Waals surface area contributed by atoms with Crippen LogP contribution in [-0.4, -0.2) is 45.9 Å². The molecule has 0 spiro atoms. The van der Waals surface area contributed by atoms with E-state index in [9.17, 15) is 26.4 Å². The van der Waals surface area contributed by atoms with E-state index in [0.717, 1.165) is 17.0 Å². The lowest BCUT2D eigenvalue weighted by atomic mass is 10.1. The maximum absolute atomic E-state index is 13.2. The number of primary sulfonamides is 1. The molecule has 0 aromatic heterocycles. The van der Waals surface area contributed by atoms with Crippen LogP contribution in [0.2, 0.25) is 0 Å². The second kappa shape index (κ2) is 7.39. The van der Waals surface area contributed by atoms with Crippen LogP contribution in [0.3, 0.4) is 0 Å². The van der Waals surface area contributed by atoms with Crippen molar-refractivity contribution in [3.8, 4) is 0 Å². The third kappa shape index (κ3) is 4.84. The molecule has 0 aliphatic rings. The number of hydrogen-bond donors (Lipinski definition) is 1. The zero-order valence-electron chi connectivity index (χ0n) is 13.6. The summed E-state index contributed by atoms with van der Waals surface area (Å²) < 4.78 is 62.3. The highest BCUT2D eigenvalue weighted by Gasteiger charge is 2.36. The lowest BCUT2D eigenvalue weighted by Gasteiger charge is -2.26. The number of benzene rings is 1. The summed E-state index contributed by atoms with van der Waals surface area (Å²) in [5.41, 5.74) is -1.46. The first kappa shape index (κ1) is 20.2. The van der Waals surface area contributed by atoms with Gasteiger partial charge in [0.2, 0.25) is 15.9 Å². The third-order valence-corrected chi connectivity index (χ3v) is 4.41. The average Bonchev–Trinajstić information content (AvgIpc) is 2.46. The van der Waals surface area contributed by atoms with Gasteiger partial charge < -0.3 is 9.80 Å². The molecule has 1 aromatic carbocycles. The number of anilines is 1. The van der Waals surface area contributed by atoms with Crippen molar-refractivity contribution in [2.24, 2.45) is 5.14 Å². The fraction of sp³-hybridized carbons (Fsp3) is 0.500. The Hall–Kier alpha value is -1.81. The van der Waals surface area contributed by atoms with E-state index in [1.807, 2.05) is 0 Å². The molecule has 0 atom stereocenters. The van der Waals surface area contributed by atoms with Crippen LogP contribution in [0.4, 0.5) is 18.9 Å². The molecule has 0 saturated carbocycles. The predicted molar refractivity (Wildman–Crippen MR) is 84.0 cm³/mol. The maximum Gasteiger partial charge on any atom is 0.418 e. The van der Waals surface area contributed by atoms with E-state index in [2.05, 4.69) is 0 Å². The smallest absolute Gasteiger partial charge is 0.365 e. The standard InChI is InChI=1S/C14H20F3N3O3S/c1-4-20(5-2)13(21)9-19(3)12-7-6-10(24(18,22)23)8-11(12)14(15,16)17/h6-8H,4-5,9H2,1-3H3,(H2,18,22,23). The second-order valence-corrected chi connectivity index (χ2v) is 6.71. The molecule has 1 amide bonds. The molecule has 0 fully saturated rings. The van der Waals surface area contributed by atoms with Crippen LogP contribution in [0.25, 0.3) is 0 Å². The minimum Gasteiger partial charge on any atom is -0.365 e. The fourth-order valence-corrected chi connectivity index (χ4v) is 2.76. The number of alkyl halides is 3. The highest BCUT2D eigenvalue weighted by Crippen LogP contribution is 2.37. The summed E-state index contributed by atoms with van der Waals surface area (Å²) in [6.07, 6.45) is -4.79. The number of sulfonamides is 1. The third-order valence-electron chi connectivity index (χ3n) is 3.50. The SMILES string of the molecule is CCN(CC)C(=O)CN(C)c1ccc(S(N)(=O)=O)cc1C(F)(F)F. The molecular formula is C14H20F3N3O3S. The van der Waals surface area contributed by atoms with Gasteiger partial charge in [0.15, 0.2) is 0 Å². The largest absolute Gasteiger partial charge is 0.418 e. The Morgan fingerprint density at radius 2 is 1.75 bits per heavy atom. The van der Waals surface area contributed by atoms with Crippen LogP contribution < -0.4 is 10.0 Å². The zero-order valence-corrected chi connectivity index (χ0v) is 14.4. The van der Waals surface area contributed by atoms with Crippen molar-refractivity contribution < 1.29 is 26.4 Å².